The van der Waals surface area contributed by atoms with E-state index in [1.54, 1.807) is 17.5 Å². The molecular formula is C22H24BrN5S. The predicted octanol–water partition coefficient (Wildman–Crippen LogP) is 6.17. The highest BCUT2D eigenvalue weighted by molar-refractivity contribution is 9.10. The third-order valence-electron chi connectivity index (χ3n) is 5.83. The molecule has 0 atom stereocenters. The van der Waals surface area contributed by atoms with E-state index < -0.39 is 0 Å². The summed E-state index contributed by atoms with van der Waals surface area (Å²) in [4.78, 5) is 16.4. The van der Waals surface area contributed by atoms with E-state index >= 15 is 0 Å². The lowest BCUT2D eigenvalue weighted by atomic mass is 9.91. The molecule has 3 aromatic heterocycles. The number of fused-ring (bicyclic) bond motifs is 1. The molecule has 0 amide bonds. The van der Waals surface area contributed by atoms with Crippen molar-refractivity contribution in [1.82, 2.24) is 19.4 Å². The molecule has 29 heavy (non-hydrogen) atoms. The van der Waals surface area contributed by atoms with E-state index in [1.807, 2.05) is 13.1 Å². The predicted molar refractivity (Wildman–Crippen MR) is 125 cm³/mol. The number of nitrogens with zero attached hydrogens (tertiary/aromatic N) is 4. The topological polar surface area (TPSA) is 55.1 Å². The van der Waals surface area contributed by atoms with Gasteiger partial charge in [-0.25, -0.2) is 15.0 Å². The van der Waals surface area contributed by atoms with E-state index in [-0.39, 0.29) is 0 Å². The zero-order valence-electron chi connectivity index (χ0n) is 17.7. The molecule has 0 aliphatic rings. The smallest absolute Gasteiger partial charge is 0.222 e. The standard InChI is InChI=1S/C22H24BrN5S/c1-10-11(2)17(13(4)18(23)12(10)3)19-20(16-8-9-25-21(24-7)26-16)28-14(5)15(6)29-22(28)27-19/h8-9H,1-7H3,(H,24,25,26). The molecular weight excluding hydrogens is 446 g/mol. The van der Waals surface area contributed by atoms with E-state index in [0.29, 0.717) is 5.95 Å². The average Bonchev–Trinajstić information content (AvgIpc) is 3.21. The van der Waals surface area contributed by atoms with E-state index in [9.17, 15) is 0 Å². The second-order valence-electron chi connectivity index (χ2n) is 7.38. The summed E-state index contributed by atoms with van der Waals surface area (Å²) in [5, 5.41) is 3.05. The Bertz CT molecular complexity index is 1240. The van der Waals surface area contributed by atoms with Gasteiger partial charge in [0.1, 0.15) is 11.4 Å². The van der Waals surface area contributed by atoms with Gasteiger partial charge in [-0.3, -0.25) is 4.40 Å². The quantitative estimate of drug-likeness (QED) is 0.389. The maximum atomic E-state index is 5.11. The third kappa shape index (κ3) is 2.99. The Morgan fingerprint density at radius 1 is 0.966 bits per heavy atom. The van der Waals surface area contributed by atoms with Crippen LogP contribution < -0.4 is 5.32 Å². The largest absolute Gasteiger partial charge is 0.357 e. The fourth-order valence-corrected chi connectivity index (χ4v) is 5.29. The van der Waals surface area contributed by atoms with E-state index in [0.717, 1.165) is 26.5 Å². The second kappa shape index (κ2) is 7.22. The van der Waals surface area contributed by atoms with Gasteiger partial charge >= 0.3 is 0 Å². The van der Waals surface area contributed by atoms with Crippen LogP contribution in [-0.2, 0) is 0 Å². The third-order valence-corrected chi connectivity index (χ3v) is 8.08. The molecule has 0 saturated carbocycles. The van der Waals surface area contributed by atoms with Crippen LogP contribution in [0.25, 0.3) is 27.6 Å². The van der Waals surface area contributed by atoms with Crippen LogP contribution in [0.4, 0.5) is 5.95 Å². The molecule has 0 bridgehead atoms. The Balaban J connectivity index is 2.15. The molecule has 7 heteroatoms. The van der Waals surface area contributed by atoms with Crippen molar-refractivity contribution >= 4 is 38.2 Å². The minimum atomic E-state index is 0.600. The minimum absolute atomic E-state index is 0.600. The van der Waals surface area contributed by atoms with Crippen molar-refractivity contribution in [2.45, 2.75) is 41.5 Å². The molecule has 0 spiro atoms. The molecule has 0 saturated heterocycles. The van der Waals surface area contributed by atoms with Crippen molar-refractivity contribution in [3.05, 3.63) is 49.6 Å². The van der Waals surface area contributed by atoms with Crippen molar-refractivity contribution < 1.29 is 0 Å². The van der Waals surface area contributed by atoms with Crippen LogP contribution in [-0.4, -0.2) is 26.4 Å². The van der Waals surface area contributed by atoms with Crippen molar-refractivity contribution in [3.63, 3.8) is 0 Å². The van der Waals surface area contributed by atoms with Gasteiger partial charge in [-0.1, -0.05) is 15.9 Å². The van der Waals surface area contributed by atoms with Crippen LogP contribution in [0, 0.1) is 41.5 Å². The van der Waals surface area contributed by atoms with Gasteiger partial charge in [0, 0.05) is 33.9 Å². The fourth-order valence-electron chi connectivity index (χ4n) is 3.83. The highest BCUT2D eigenvalue weighted by atomic mass is 79.9. The second-order valence-corrected chi connectivity index (χ2v) is 9.35. The first-order valence-electron chi connectivity index (χ1n) is 9.52. The highest BCUT2D eigenvalue weighted by Crippen LogP contribution is 2.42. The van der Waals surface area contributed by atoms with Crippen molar-refractivity contribution in [2.24, 2.45) is 0 Å². The van der Waals surface area contributed by atoms with Gasteiger partial charge in [0.15, 0.2) is 4.96 Å². The van der Waals surface area contributed by atoms with Gasteiger partial charge in [0.2, 0.25) is 5.95 Å². The zero-order chi connectivity index (χ0) is 21.0. The molecule has 0 unspecified atom stereocenters. The van der Waals surface area contributed by atoms with Gasteiger partial charge in [-0.15, -0.1) is 11.3 Å². The maximum absolute atomic E-state index is 5.11. The van der Waals surface area contributed by atoms with Gasteiger partial charge < -0.3 is 5.32 Å². The molecule has 0 aliphatic carbocycles. The molecule has 0 radical (unpaired) electrons. The molecule has 5 nitrogen and oxygen atoms in total. The van der Waals surface area contributed by atoms with Crippen LogP contribution in [0.5, 0.6) is 0 Å². The monoisotopic (exact) mass is 469 g/mol. The SMILES string of the molecule is CNc1nccc(-c2c(-c3c(C)c(C)c(C)c(Br)c3C)nc3sc(C)c(C)n23)n1. The van der Waals surface area contributed by atoms with Gasteiger partial charge in [0.05, 0.1) is 5.69 Å². The number of imidazole rings is 1. The first-order chi connectivity index (χ1) is 13.8. The Morgan fingerprint density at radius 2 is 1.69 bits per heavy atom. The summed E-state index contributed by atoms with van der Waals surface area (Å²) in [5.74, 6) is 0.600. The minimum Gasteiger partial charge on any atom is -0.357 e. The number of aryl methyl sites for hydroxylation is 2. The number of benzene rings is 1. The van der Waals surface area contributed by atoms with Crippen molar-refractivity contribution in [3.8, 4) is 22.6 Å². The molecule has 3 heterocycles. The Morgan fingerprint density at radius 3 is 2.38 bits per heavy atom. The Hall–Kier alpha value is -2.25. The number of aromatic nitrogens is 4. The molecule has 1 aromatic carbocycles. The fraction of sp³-hybridized carbons (Fsp3) is 0.318. The summed E-state index contributed by atoms with van der Waals surface area (Å²) in [6.07, 6.45) is 1.79. The summed E-state index contributed by atoms with van der Waals surface area (Å²) in [6.45, 7) is 13.0. The number of halogens is 1. The van der Waals surface area contributed by atoms with E-state index in [1.165, 1.54) is 38.4 Å². The van der Waals surface area contributed by atoms with Gasteiger partial charge in [-0.05, 0) is 69.9 Å². The lowest BCUT2D eigenvalue weighted by molar-refractivity contribution is 1.09. The van der Waals surface area contributed by atoms with Gasteiger partial charge in [-0.2, -0.15) is 0 Å². The number of thiazole rings is 1. The summed E-state index contributed by atoms with van der Waals surface area (Å²) >= 11 is 5.53. The Labute approximate surface area is 183 Å². The Kier molecular flexibility index (Phi) is 4.99. The molecule has 1 N–H and O–H groups in total. The molecule has 0 aliphatic heterocycles. The average molecular weight is 470 g/mol. The first-order valence-corrected chi connectivity index (χ1v) is 11.1. The molecule has 4 rings (SSSR count). The summed E-state index contributed by atoms with van der Waals surface area (Å²) < 4.78 is 3.38. The number of hydrogen-bond acceptors (Lipinski definition) is 5. The van der Waals surface area contributed by atoms with Crippen LogP contribution in [0.3, 0.4) is 0 Å². The lowest BCUT2D eigenvalue weighted by Crippen LogP contribution is -2.02. The van der Waals surface area contributed by atoms with Crippen LogP contribution in [0.15, 0.2) is 16.7 Å². The van der Waals surface area contributed by atoms with E-state index in [4.69, 9.17) is 9.97 Å². The van der Waals surface area contributed by atoms with E-state index in [2.05, 4.69) is 72.2 Å². The molecule has 150 valence electrons. The summed E-state index contributed by atoms with van der Waals surface area (Å²) in [5.41, 5.74) is 10.2. The number of rotatable bonds is 3. The maximum Gasteiger partial charge on any atom is 0.222 e. The van der Waals surface area contributed by atoms with Crippen LogP contribution >= 0.6 is 27.3 Å². The molecule has 0 fully saturated rings. The van der Waals surface area contributed by atoms with Crippen LogP contribution in [0.2, 0.25) is 0 Å². The van der Waals surface area contributed by atoms with Gasteiger partial charge in [0.25, 0.3) is 0 Å². The number of nitrogens with one attached hydrogen (secondary N) is 1. The van der Waals surface area contributed by atoms with Crippen molar-refractivity contribution in [1.29, 1.82) is 0 Å². The first kappa shape index (κ1) is 20.0. The number of hydrogen-bond donors (Lipinski definition) is 1. The normalized spacial score (nSPS) is 11.4. The van der Waals surface area contributed by atoms with Crippen molar-refractivity contribution in [2.75, 3.05) is 12.4 Å². The summed E-state index contributed by atoms with van der Waals surface area (Å²) in [6, 6.07) is 1.96. The highest BCUT2D eigenvalue weighted by Gasteiger charge is 2.25. The van der Waals surface area contributed by atoms with Crippen LogP contribution in [0.1, 0.15) is 32.8 Å². The molecule has 4 aromatic rings. The lowest BCUT2D eigenvalue weighted by Gasteiger charge is -2.18. The zero-order valence-corrected chi connectivity index (χ0v) is 20.1. The summed E-state index contributed by atoms with van der Waals surface area (Å²) in [7, 11) is 1.83. The number of anilines is 1.